The molecule has 2 aromatic heterocycles. The summed E-state index contributed by atoms with van der Waals surface area (Å²) < 4.78 is 0. The number of hydrogen-bond acceptors (Lipinski definition) is 5. The summed E-state index contributed by atoms with van der Waals surface area (Å²) in [4.78, 5) is 11.9. The zero-order chi connectivity index (χ0) is 10.7. The number of anilines is 1. The molecule has 6 nitrogen and oxygen atoms in total. The van der Waals surface area contributed by atoms with E-state index < -0.39 is 0 Å². The van der Waals surface area contributed by atoms with Gasteiger partial charge in [-0.25, -0.2) is 15.0 Å². The molecule has 2 N–H and O–H groups in total. The van der Waals surface area contributed by atoms with Crippen LogP contribution in [0, 0.1) is 6.92 Å². The Bertz CT molecular complexity index is 420. The Morgan fingerprint density at radius 2 is 2.33 bits per heavy atom. The molecule has 7 heteroatoms. The van der Waals surface area contributed by atoms with Crippen molar-refractivity contribution in [3.8, 4) is 0 Å². The van der Waals surface area contributed by atoms with Gasteiger partial charge in [-0.15, -0.1) is 0 Å². The van der Waals surface area contributed by atoms with E-state index in [0.717, 1.165) is 11.5 Å². The van der Waals surface area contributed by atoms with E-state index in [0.29, 0.717) is 12.4 Å². The lowest BCUT2D eigenvalue weighted by atomic mass is 10.4. The summed E-state index contributed by atoms with van der Waals surface area (Å²) in [6, 6.07) is 1.81. The van der Waals surface area contributed by atoms with Crippen molar-refractivity contribution in [3.05, 3.63) is 29.2 Å². The molecule has 0 aliphatic rings. The largest absolute Gasteiger partial charge is 0.363 e. The van der Waals surface area contributed by atoms with Crippen LogP contribution < -0.4 is 5.32 Å². The topological polar surface area (TPSA) is 79.4 Å². The highest BCUT2D eigenvalue weighted by Gasteiger charge is 2.00. The van der Waals surface area contributed by atoms with Crippen molar-refractivity contribution in [1.82, 2.24) is 25.1 Å². The number of nitrogens with zero attached hydrogens (tertiary/aromatic N) is 4. The van der Waals surface area contributed by atoms with Gasteiger partial charge in [0.1, 0.15) is 18.0 Å². The maximum absolute atomic E-state index is 5.71. The molecule has 0 unspecified atom stereocenters. The number of halogens is 1. The Balaban J connectivity index is 2.05. The molecule has 2 rings (SSSR count). The molecule has 2 aromatic rings. The second-order valence-electron chi connectivity index (χ2n) is 2.95. The van der Waals surface area contributed by atoms with Gasteiger partial charge in [-0.05, 0) is 18.5 Å². The van der Waals surface area contributed by atoms with E-state index in [1.165, 1.54) is 6.33 Å². The van der Waals surface area contributed by atoms with Crippen LogP contribution in [0.5, 0.6) is 0 Å². The van der Waals surface area contributed by atoms with E-state index in [1.807, 2.05) is 13.0 Å². The molecule has 15 heavy (non-hydrogen) atoms. The van der Waals surface area contributed by atoms with E-state index in [-0.39, 0.29) is 5.28 Å². The normalized spacial score (nSPS) is 10.3. The van der Waals surface area contributed by atoms with E-state index in [1.54, 1.807) is 0 Å². The molecule has 0 aromatic carbocycles. The SMILES string of the molecule is Cc1cc(NCc2ncn[nH]2)nc(Cl)n1. The molecule has 0 atom stereocenters. The minimum absolute atomic E-state index is 0.232. The van der Waals surface area contributed by atoms with Gasteiger partial charge >= 0.3 is 0 Å². The zero-order valence-corrected chi connectivity index (χ0v) is 8.78. The average molecular weight is 225 g/mol. The molecule has 0 bridgehead atoms. The summed E-state index contributed by atoms with van der Waals surface area (Å²) in [6.45, 7) is 2.37. The van der Waals surface area contributed by atoms with Crippen LogP contribution in [0.1, 0.15) is 11.5 Å². The van der Waals surface area contributed by atoms with E-state index >= 15 is 0 Å². The number of rotatable bonds is 3. The van der Waals surface area contributed by atoms with Crippen LogP contribution in [0.25, 0.3) is 0 Å². The highest BCUT2D eigenvalue weighted by Crippen LogP contribution is 2.09. The molecule has 0 spiro atoms. The molecule has 0 fully saturated rings. The lowest BCUT2D eigenvalue weighted by molar-refractivity contribution is 0.942. The van der Waals surface area contributed by atoms with Crippen molar-refractivity contribution >= 4 is 17.4 Å². The van der Waals surface area contributed by atoms with Gasteiger partial charge in [-0.1, -0.05) is 0 Å². The summed E-state index contributed by atoms with van der Waals surface area (Å²) in [5.74, 6) is 1.41. The second kappa shape index (κ2) is 4.22. The second-order valence-corrected chi connectivity index (χ2v) is 3.29. The van der Waals surface area contributed by atoms with Crippen LogP contribution in [-0.4, -0.2) is 25.1 Å². The predicted molar refractivity (Wildman–Crippen MR) is 55.5 cm³/mol. The molecule has 0 aliphatic heterocycles. The van der Waals surface area contributed by atoms with Crippen molar-refractivity contribution in [3.63, 3.8) is 0 Å². The molecule has 2 heterocycles. The van der Waals surface area contributed by atoms with Crippen LogP contribution in [0.4, 0.5) is 5.82 Å². The van der Waals surface area contributed by atoms with E-state index in [4.69, 9.17) is 11.6 Å². The van der Waals surface area contributed by atoms with Crippen molar-refractivity contribution < 1.29 is 0 Å². The Hall–Kier alpha value is -1.69. The molecular weight excluding hydrogens is 216 g/mol. The number of aromatic nitrogens is 5. The number of aromatic amines is 1. The van der Waals surface area contributed by atoms with Crippen LogP contribution in [-0.2, 0) is 6.54 Å². The highest BCUT2D eigenvalue weighted by molar-refractivity contribution is 6.28. The smallest absolute Gasteiger partial charge is 0.224 e. The minimum atomic E-state index is 0.232. The Kier molecular flexibility index (Phi) is 2.77. The summed E-state index contributed by atoms with van der Waals surface area (Å²) in [7, 11) is 0. The summed E-state index contributed by atoms with van der Waals surface area (Å²) >= 11 is 5.71. The molecule has 0 saturated carbocycles. The number of H-pyrrole nitrogens is 1. The van der Waals surface area contributed by atoms with Gasteiger partial charge in [0.25, 0.3) is 0 Å². The lowest BCUT2D eigenvalue weighted by Crippen LogP contribution is -2.04. The molecule has 78 valence electrons. The van der Waals surface area contributed by atoms with Crippen LogP contribution in [0.2, 0.25) is 5.28 Å². The van der Waals surface area contributed by atoms with Gasteiger partial charge in [0.2, 0.25) is 5.28 Å². The standard InChI is InChI=1S/C8H9ClN6/c1-5-2-6(14-8(9)13-5)10-3-7-11-4-12-15-7/h2,4H,3H2,1H3,(H,10,13,14)(H,11,12,15). The van der Waals surface area contributed by atoms with Crippen LogP contribution in [0.3, 0.4) is 0 Å². The van der Waals surface area contributed by atoms with Crippen molar-refractivity contribution in [2.24, 2.45) is 0 Å². The van der Waals surface area contributed by atoms with Gasteiger partial charge in [-0.3, -0.25) is 5.10 Å². The first-order valence-electron chi connectivity index (χ1n) is 4.33. The molecule has 0 saturated heterocycles. The Morgan fingerprint density at radius 3 is 3.00 bits per heavy atom. The highest BCUT2D eigenvalue weighted by atomic mass is 35.5. The molecule has 0 radical (unpaired) electrons. The Morgan fingerprint density at radius 1 is 1.47 bits per heavy atom. The number of hydrogen-bond donors (Lipinski definition) is 2. The van der Waals surface area contributed by atoms with Gasteiger partial charge in [-0.2, -0.15) is 5.10 Å². The lowest BCUT2D eigenvalue weighted by Gasteiger charge is -2.03. The van der Waals surface area contributed by atoms with Crippen LogP contribution in [0.15, 0.2) is 12.4 Å². The van der Waals surface area contributed by atoms with E-state index in [2.05, 4.69) is 30.5 Å². The predicted octanol–water partition coefficient (Wildman–Crippen LogP) is 1.17. The third-order valence-corrected chi connectivity index (χ3v) is 1.90. The first-order chi connectivity index (χ1) is 7.24. The fraction of sp³-hybridized carbons (Fsp3) is 0.250. The van der Waals surface area contributed by atoms with Gasteiger partial charge in [0, 0.05) is 11.8 Å². The number of aryl methyl sites for hydroxylation is 1. The van der Waals surface area contributed by atoms with E-state index in [9.17, 15) is 0 Å². The van der Waals surface area contributed by atoms with Crippen LogP contribution >= 0.6 is 11.6 Å². The first-order valence-corrected chi connectivity index (χ1v) is 4.71. The van der Waals surface area contributed by atoms with Gasteiger partial charge < -0.3 is 5.32 Å². The Labute approximate surface area is 91.1 Å². The van der Waals surface area contributed by atoms with Gasteiger partial charge in [0.05, 0.1) is 6.54 Å². The average Bonchev–Trinajstić information content (AvgIpc) is 2.65. The van der Waals surface area contributed by atoms with Crippen molar-refractivity contribution in [1.29, 1.82) is 0 Å². The molecule has 0 aliphatic carbocycles. The van der Waals surface area contributed by atoms with Crippen molar-refractivity contribution in [2.45, 2.75) is 13.5 Å². The molecular formula is C8H9ClN6. The fourth-order valence-electron chi connectivity index (χ4n) is 1.11. The van der Waals surface area contributed by atoms with Crippen molar-refractivity contribution in [2.75, 3.05) is 5.32 Å². The molecule has 0 amide bonds. The summed E-state index contributed by atoms with van der Waals surface area (Å²) in [6.07, 6.45) is 1.45. The third-order valence-electron chi connectivity index (χ3n) is 1.73. The maximum atomic E-state index is 5.71. The quantitative estimate of drug-likeness (QED) is 0.765. The zero-order valence-electron chi connectivity index (χ0n) is 8.03. The summed E-state index contributed by atoms with van der Waals surface area (Å²) in [5.41, 5.74) is 0.815. The monoisotopic (exact) mass is 224 g/mol. The summed E-state index contributed by atoms with van der Waals surface area (Å²) in [5, 5.41) is 9.76. The maximum Gasteiger partial charge on any atom is 0.224 e. The minimum Gasteiger partial charge on any atom is -0.363 e. The fourth-order valence-corrected chi connectivity index (χ4v) is 1.34. The van der Waals surface area contributed by atoms with Gasteiger partial charge in [0.15, 0.2) is 0 Å². The third kappa shape index (κ3) is 2.63. The number of nitrogens with one attached hydrogen (secondary N) is 2. The first kappa shape index (κ1) is 9.85.